The van der Waals surface area contributed by atoms with Gasteiger partial charge in [-0.05, 0) is 111 Å². The number of ether oxygens (including phenoxy) is 4. The second kappa shape index (κ2) is 14.5. The summed E-state index contributed by atoms with van der Waals surface area (Å²) in [5.74, 6) is -1.49. The molecule has 6 fully saturated rings. The van der Waals surface area contributed by atoms with E-state index in [9.17, 15) is 50.4 Å². The molecule has 0 amide bonds. The number of aliphatic hydroxyl groups excluding tert-OH is 6. The molecule has 0 aromatic rings. The molecule has 2 saturated heterocycles. The molecule has 7 aliphatic rings. The Balaban J connectivity index is 1.14. The van der Waals surface area contributed by atoms with E-state index in [1.165, 1.54) is 0 Å². The lowest BCUT2D eigenvalue weighted by Crippen LogP contribution is -2.68. The number of carboxylic acid groups (broad SMARTS) is 2. The van der Waals surface area contributed by atoms with Crippen molar-refractivity contribution in [3.8, 4) is 0 Å². The van der Waals surface area contributed by atoms with E-state index in [1.807, 2.05) is 0 Å². The van der Waals surface area contributed by atoms with Crippen molar-refractivity contribution in [1.82, 2.24) is 0 Å². The first-order chi connectivity index (χ1) is 26.1. The van der Waals surface area contributed by atoms with Gasteiger partial charge in [0.05, 0.1) is 29.6 Å². The van der Waals surface area contributed by atoms with Gasteiger partial charge in [-0.15, -0.1) is 0 Å². The number of aliphatic carboxylic acids is 2. The second-order valence-corrected chi connectivity index (χ2v) is 20.0. The van der Waals surface area contributed by atoms with Crippen molar-refractivity contribution < 1.29 is 69.4 Å². The molecule has 0 bridgehead atoms. The van der Waals surface area contributed by atoms with Crippen LogP contribution in [0.1, 0.15) is 106 Å². The molecular weight excluding hydrogens is 728 g/mol. The molecule has 0 aromatic heterocycles. The second-order valence-electron chi connectivity index (χ2n) is 20.0. The summed E-state index contributed by atoms with van der Waals surface area (Å²) in [5, 5.41) is 85.6. The quantitative estimate of drug-likeness (QED) is 0.137. The van der Waals surface area contributed by atoms with E-state index in [0.29, 0.717) is 44.4 Å². The third-order valence-corrected chi connectivity index (χ3v) is 17.4. The number of hydrogen-bond acceptors (Lipinski definition) is 12. The minimum Gasteiger partial charge on any atom is -0.481 e. The van der Waals surface area contributed by atoms with Gasteiger partial charge in [0.15, 0.2) is 12.6 Å². The monoisotopic (exact) mass is 794 g/mol. The van der Waals surface area contributed by atoms with Crippen molar-refractivity contribution in [2.75, 3.05) is 6.61 Å². The van der Waals surface area contributed by atoms with E-state index < -0.39 is 108 Å². The van der Waals surface area contributed by atoms with Gasteiger partial charge in [-0.1, -0.05) is 53.2 Å². The van der Waals surface area contributed by atoms with Crippen molar-refractivity contribution >= 4 is 11.9 Å². The Morgan fingerprint density at radius 3 is 2.07 bits per heavy atom. The van der Waals surface area contributed by atoms with E-state index in [2.05, 4.69) is 47.6 Å². The van der Waals surface area contributed by atoms with Crippen molar-refractivity contribution in [2.45, 2.75) is 174 Å². The van der Waals surface area contributed by atoms with Crippen LogP contribution in [0.15, 0.2) is 11.6 Å². The number of carbonyl (C=O) groups is 2. The van der Waals surface area contributed by atoms with E-state index in [1.54, 1.807) is 6.92 Å². The van der Waals surface area contributed by atoms with Crippen molar-refractivity contribution in [3.05, 3.63) is 11.6 Å². The molecule has 2 aliphatic heterocycles. The average Bonchev–Trinajstić information content (AvgIpc) is 3.14. The molecule has 5 aliphatic carbocycles. The Morgan fingerprint density at radius 1 is 0.750 bits per heavy atom. The first kappa shape index (κ1) is 42.4. The predicted octanol–water partition coefficient (Wildman–Crippen LogP) is 2.83. The van der Waals surface area contributed by atoms with E-state index in [0.717, 1.165) is 24.8 Å². The maximum Gasteiger partial charge on any atom is 0.314 e. The Labute approximate surface area is 329 Å². The maximum absolute atomic E-state index is 14.0. The summed E-state index contributed by atoms with van der Waals surface area (Å²) < 4.78 is 24.1. The SMILES string of the molecule is C[C@H]1[C@H](C)CC[C@]2(C(=O)O)CC[C@]3(C(=O)O)C(=CC[C@@H]4[C@@]5(C)CC[C@H](O[C@@H]6O[C@H](C)[C@@H](O)[C@H](O[C@@H]7O[C@H](CO)[C@H](O)[C@H](O)[C@H]7O)[C@H]6O)C(C)(C)[C@@H]5CC[C@]43C)[C@H]12. The highest BCUT2D eigenvalue weighted by atomic mass is 16.7. The van der Waals surface area contributed by atoms with Crippen LogP contribution < -0.4 is 0 Å². The molecule has 4 saturated carbocycles. The molecule has 0 spiro atoms. The highest BCUT2D eigenvalue weighted by Crippen LogP contribution is 2.76. The minimum atomic E-state index is -1.73. The number of aliphatic hydroxyl groups is 6. The van der Waals surface area contributed by atoms with E-state index >= 15 is 0 Å². The molecule has 14 heteroatoms. The van der Waals surface area contributed by atoms with Crippen molar-refractivity contribution in [1.29, 1.82) is 0 Å². The molecule has 14 nitrogen and oxygen atoms in total. The standard InChI is InChI=1S/C42H66O14/c1-19-10-15-41(36(49)50)16-17-42(37(51)52)22(27(41)20(19)2)8-9-25-39(6)13-12-26(38(4,5)24(39)11-14-40(25,42)7)55-35-32(48)33(28(44)21(3)53-35)56-34-31(47)30(46)29(45)23(18-43)54-34/h8,19-21,23-35,43-48H,9-18H2,1-7H3,(H,49,50)(H,51,52)/t19-,20+,21-,23-,24+,25-,26+,27+,28-,29+,30+,31-,32-,33+,34+,35+,39+,40-,41+,42-/m1/s1. The summed E-state index contributed by atoms with van der Waals surface area (Å²) in [6, 6.07) is 0. The Hall–Kier alpha value is -1.72. The molecule has 20 atom stereocenters. The first-order valence-electron chi connectivity index (χ1n) is 20.9. The lowest BCUT2D eigenvalue weighted by Gasteiger charge is -2.70. The van der Waals surface area contributed by atoms with Gasteiger partial charge in [0.2, 0.25) is 0 Å². The van der Waals surface area contributed by atoms with Gasteiger partial charge in [-0.2, -0.15) is 0 Å². The zero-order valence-electron chi connectivity index (χ0n) is 33.9. The van der Waals surface area contributed by atoms with Gasteiger partial charge in [0, 0.05) is 0 Å². The van der Waals surface area contributed by atoms with Gasteiger partial charge in [0.1, 0.15) is 42.7 Å². The summed E-state index contributed by atoms with van der Waals surface area (Å²) in [7, 11) is 0. The van der Waals surface area contributed by atoms with Gasteiger partial charge in [-0.25, -0.2) is 0 Å². The number of allylic oxidation sites excluding steroid dienone is 1. The lowest BCUT2D eigenvalue weighted by molar-refractivity contribution is -0.366. The normalized spacial score (nSPS) is 54.1. The molecular formula is C42H66O14. The van der Waals surface area contributed by atoms with Crippen molar-refractivity contribution in [2.24, 2.45) is 56.7 Å². The van der Waals surface area contributed by atoms with Crippen LogP contribution >= 0.6 is 0 Å². The maximum atomic E-state index is 14.0. The van der Waals surface area contributed by atoms with Gasteiger partial charge in [-0.3, -0.25) is 9.59 Å². The van der Waals surface area contributed by atoms with Gasteiger partial charge >= 0.3 is 11.9 Å². The molecule has 0 aromatic carbocycles. The van der Waals surface area contributed by atoms with E-state index in [-0.39, 0.29) is 29.1 Å². The fraction of sp³-hybridized carbons (Fsp3) is 0.905. The topological polar surface area (TPSA) is 233 Å². The van der Waals surface area contributed by atoms with Crippen LogP contribution in [0.5, 0.6) is 0 Å². The predicted molar refractivity (Wildman–Crippen MR) is 198 cm³/mol. The highest BCUT2D eigenvalue weighted by Gasteiger charge is 2.73. The Bertz CT molecular complexity index is 1550. The van der Waals surface area contributed by atoms with Crippen LogP contribution in [-0.4, -0.2) is 127 Å². The lowest BCUT2D eigenvalue weighted by atomic mass is 9.33. The smallest absolute Gasteiger partial charge is 0.314 e. The molecule has 56 heavy (non-hydrogen) atoms. The summed E-state index contributed by atoms with van der Waals surface area (Å²) in [6.45, 7) is 14.0. The minimum absolute atomic E-state index is 0.0190. The summed E-state index contributed by atoms with van der Waals surface area (Å²) in [4.78, 5) is 27.1. The van der Waals surface area contributed by atoms with Gasteiger partial charge in [0.25, 0.3) is 0 Å². The average molecular weight is 795 g/mol. The van der Waals surface area contributed by atoms with Crippen LogP contribution in [0.3, 0.4) is 0 Å². The highest BCUT2D eigenvalue weighted by molar-refractivity contribution is 5.84. The Morgan fingerprint density at radius 2 is 1.43 bits per heavy atom. The van der Waals surface area contributed by atoms with E-state index in [4.69, 9.17) is 18.9 Å². The molecule has 0 radical (unpaired) electrons. The third kappa shape index (κ3) is 5.85. The number of carboxylic acids is 2. The molecule has 7 rings (SSSR count). The fourth-order valence-corrected chi connectivity index (χ4v) is 14.0. The summed E-state index contributed by atoms with van der Waals surface area (Å²) in [5.41, 5.74) is -2.61. The first-order valence-corrected chi connectivity index (χ1v) is 20.9. The number of rotatable bonds is 7. The molecule has 0 unspecified atom stereocenters. The molecule has 318 valence electrons. The largest absolute Gasteiger partial charge is 0.481 e. The number of hydrogen-bond donors (Lipinski definition) is 8. The molecule has 8 N–H and O–H groups in total. The Kier molecular flexibility index (Phi) is 11.0. The van der Waals surface area contributed by atoms with Crippen molar-refractivity contribution in [3.63, 3.8) is 0 Å². The zero-order chi connectivity index (χ0) is 41.1. The van der Waals surface area contributed by atoms with Crippen LogP contribution in [0.25, 0.3) is 0 Å². The summed E-state index contributed by atoms with van der Waals surface area (Å²) >= 11 is 0. The zero-order valence-corrected chi connectivity index (χ0v) is 33.9. The fourth-order valence-electron chi connectivity index (χ4n) is 14.0. The van der Waals surface area contributed by atoms with Gasteiger partial charge < -0.3 is 59.8 Å². The third-order valence-electron chi connectivity index (χ3n) is 17.4. The van der Waals surface area contributed by atoms with Crippen LogP contribution in [0.4, 0.5) is 0 Å². The number of fused-ring (bicyclic) bond motifs is 7. The van der Waals surface area contributed by atoms with Crippen LogP contribution in [0.2, 0.25) is 0 Å². The summed E-state index contributed by atoms with van der Waals surface area (Å²) in [6.07, 6.45) is -7.03. The molecule has 2 heterocycles. The van der Waals surface area contributed by atoms with Crippen LogP contribution in [-0.2, 0) is 28.5 Å². The van der Waals surface area contributed by atoms with Crippen LogP contribution in [0, 0.1) is 56.7 Å².